The van der Waals surface area contributed by atoms with Crippen LogP contribution in [-0.2, 0) is 35.1 Å². The summed E-state index contributed by atoms with van der Waals surface area (Å²) in [6.45, 7) is 16.1. The van der Waals surface area contributed by atoms with E-state index in [9.17, 15) is 24.0 Å². The maximum Gasteiger partial charge on any atom is 0.408 e. The van der Waals surface area contributed by atoms with Gasteiger partial charge in [0.05, 0.1) is 0 Å². The number of nitrogens with one attached hydrogen (secondary N) is 3. The Morgan fingerprint density at radius 2 is 1.57 bits per heavy atom. The summed E-state index contributed by atoms with van der Waals surface area (Å²) in [6.07, 6.45) is -0.200. The van der Waals surface area contributed by atoms with Crippen LogP contribution < -0.4 is 16.0 Å². The lowest BCUT2D eigenvalue weighted by Crippen LogP contribution is -2.72. The second kappa shape index (κ2) is 14.0. The molecule has 0 saturated carbocycles. The first kappa shape index (κ1) is 34.9. The maximum absolute atomic E-state index is 13.6. The Labute approximate surface area is 264 Å². The summed E-state index contributed by atoms with van der Waals surface area (Å²) < 4.78 is 10.9. The smallest absolute Gasteiger partial charge is 0.408 e. The Morgan fingerprint density at radius 3 is 2.14 bits per heavy atom. The zero-order valence-electron chi connectivity index (χ0n) is 27.1. The number of rotatable bonds is 10. The van der Waals surface area contributed by atoms with Crippen LogP contribution in [0.2, 0.25) is 0 Å². The zero-order valence-corrected chi connectivity index (χ0v) is 27.9. The van der Waals surface area contributed by atoms with Crippen LogP contribution in [0.15, 0.2) is 41.6 Å². The van der Waals surface area contributed by atoms with E-state index in [1.54, 1.807) is 48.5 Å². The number of carbonyl (C=O) groups is 5. The third-order valence-corrected chi connectivity index (χ3v) is 8.09. The highest BCUT2D eigenvalue weighted by molar-refractivity contribution is 8.00. The second-order valence-electron chi connectivity index (χ2n) is 13.6. The van der Waals surface area contributed by atoms with Gasteiger partial charge < -0.3 is 25.4 Å². The van der Waals surface area contributed by atoms with Crippen molar-refractivity contribution in [3.05, 3.63) is 47.2 Å². The van der Waals surface area contributed by atoms with E-state index in [2.05, 4.69) is 16.0 Å². The Bertz CT molecular complexity index is 1280. The number of amides is 4. The van der Waals surface area contributed by atoms with Crippen molar-refractivity contribution >= 4 is 41.5 Å². The fraction of sp³-hybridized carbons (Fsp3) is 0.594. The van der Waals surface area contributed by atoms with Crippen molar-refractivity contribution in [1.29, 1.82) is 0 Å². The molecule has 0 unspecified atom stereocenters. The summed E-state index contributed by atoms with van der Waals surface area (Å²) in [6, 6.07) is 6.40. The molecule has 1 aromatic rings. The minimum Gasteiger partial charge on any atom is -0.458 e. The zero-order chi connectivity index (χ0) is 33.0. The second-order valence-corrected chi connectivity index (χ2v) is 14.7. The molecule has 0 spiro atoms. The van der Waals surface area contributed by atoms with Crippen molar-refractivity contribution < 1.29 is 33.4 Å². The van der Waals surface area contributed by atoms with E-state index in [-0.39, 0.29) is 18.0 Å². The lowest BCUT2D eigenvalue weighted by molar-refractivity contribution is -0.159. The number of ether oxygens (including phenoxy) is 2. The summed E-state index contributed by atoms with van der Waals surface area (Å²) in [4.78, 5) is 67.4. The summed E-state index contributed by atoms with van der Waals surface area (Å²) in [5.41, 5.74) is 0.182. The van der Waals surface area contributed by atoms with E-state index < -0.39 is 64.5 Å². The Hall–Kier alpha value is -3.54. The minimum absolute atomic E-state index is 0.0981. The van der Waals surface area contributed by atoms with Crippen molar-refractivity contribution in [1.82, 2.24) is 20.9 Å². The monoisotopic (exact) mass is 630 g/mol. The van der Waals surface area contributed by atoms with E-state index >= 15 is 0 Å². The number of hydrogen-bond donors (Lipinski definition) is 3. The first-order valence-electron chi connectivity index (χ1n) is 14.9. The van der Waals surface area contributed by atoms with Gasteiger partial charge in [0.25, 0.3) is 11.8 Å². The van der Waals surface area contributed by atoms with Crippen molar-refractivity contribution in [2.75, 3.05) is 5.75 Å². The molecule has 1 aromatic carbocycles. The van der Waals surface area contributed by atoms with Crippen molar-refractivity contribution in [2.45, 2.75) is 110 Å². The highest BCUT2D eigenvalue weighted by Crippen LogP contribution is 2.40. The predicted octanol–water partition coefficient (Wildman–Crippen LogP) is 3.67. The largest absolute Gasteiger partial charge is 0.458 e. The van der Waals surface area contributed by atoms with Crippen LogP contribution in [0.4, 0.5) is 4.79 Å². The van der Waals surface area contributed by atoms with Gasteiger partial charge in [0, 0.05) is 12.2 Å². The number of hydrogen-bond acceptors (Lipinski definition) is 8. The van der Waals surface area contributed by atoms with Crippen molar-refractivity contribution in [3.63, 3.8) is 0 Å². The van der Waals surface area contributed by atoms with E-state index in [4.69, 9.17) is 9.47 Å². The fourth-order valence-electron chi connectivity index (χ4n) is 4.84. The van der Waals surface area contributed by atoms with Crippen LogP contribution >= 0.6 is 11.8 Å². The number of esters is 1. The number of fused-ring (bicyclic) bond motifs is 1. The van der Waals surface area contributed by atoms with Gasteiger partial charge in [-0.3, -0.25) is 19.3 Å². The molecule has 0 bridgehead atoms. The van der Waals surface area contributed by atoms with Crippen molar-refractivity contribution in [3.8, 4) is 0 Å². The van der Waals surface area contributed by atoms with Crippen LogP contribution in [-0.4, -0.2) is 75.1 Å². The molecule has 1 fully saturated rings. The molecule has 2 aliphatic heterocycles. The maximum atomic E-state index is 13.6. The molecule has 3 N–H and O–H groups in total. The van der Waals surface area contributed by atoms with E-state index in [0.29, 0.717) is 17.7 Å². The summed E-state index contributed by atoms with van der Waals surface area (Å²) in [5, 5.41) is 7.69. The average Bonchev–Trinajstić information content (AvgIpc) is 2.88. The molecule has 2 heterocycles. The topological polar surface area (TPSA) is 143 Å². The molecule has 44 heavy (non-hydrogen) atoms. The molecule has 2 aliphatic rings. The number of benzene rings is 1. The molecule has 4 atom stereocenters. The standard InChI is InChI=1S/C32H46N4O7S/c1-18(2)15-22(29(40)42-31(4,5)6)33-26(38)24-19(3)17-44-28-23(27(39)36(24)28)35-25(37)21(16-20-13-11-10-12-14-20)34-30(41)43-32(7,8)9/h10-14,18,21-23,28H,15-17H2,1-9H3,(H,33,38)(H,34,41)(H,35,37)/t21-,22-,23+,28+/m0/s1. The van der Waals surface area contributed by atoms with Crippen LogP contribution in [0, 0.1) is 5.92 Å². The molecular formula is C32H46N4O7S. The highest BCUT2D eigenvalue weighted by Gasteiger charge is 2.54. The van der Waals surface area contributed by atoms with E-state index in [0.717, 1.165) is 5.56 Å². The number of carbonyl (C=O) groups excluding carboxylic acids is 5. The number of alkyl carbamates (subject to hydrolysis) is 1. The molecule has 3 rings (SSSR count). The molecule has 4 amide bonds. The number of β-lactam (4-membered cyclic amide) rings is 1. The third kappa shape index (κ3) is 9.48. The van der Waals surface area contributed by atoms with E-state index in [1.807, 2.05) is 44.2 Å². The third-order valence-electron chi connectivity index (χ3n) is 6.67. The van der Waals surface area contributed by atoms with Crippen LogP contribution in [0.5, 0.6) is 0 Å². The quantitative estimate of drug-likeness (QED) is 0.263. The lowest BCUT2D eigenvalue weighted by atomic mass is 10.00. The van der Waals surface area contributed by atoms with Gasteiger partial charge in [-0.05, 0) is 71.9 Å². The summed E-state index contributed by atoms with van der Waals surface area (Å²) in [5.74, 6) is -1.53. The highest BCUT2D eigenvalue weighted by atomic mass is 32.2. The normalized spacial score (nSPS) is 19.8. The Morgan fingerprint density at radius 1 is 0.955 bits per heavy atom. The molecule has 12 heteroatoms. The average molecular weight is 631 g/mol. The van der Waals surface area contributed by atoms with Gasteiger partial charge in [0.1, 0.15) is 40.4 Å². The molecule has 242 valence electrons. The van der Waals surface area contributed by atoms with Gasteiger partial charge >= 0.3 is 12.1 Å². The molecule has 1 saturated heterocycles. The van der Waals surface area contributed by atoms with Crippen LogP contribution in [0.1, 0.15) is 74.3 Å². The minimum atomic E-state index is -1.01. The van der Waals surface area contributed by atoms with Gasteiger partial charge in [-0.15, -0.1) is 11.8 Å². The predicted molar refractivity (Wildman–Crippen MR) is 168 cm³/mol. The van der Waals surface area contributed by atoms with Gasteiger partial charge in [-0.2, -0.15) is 0 Å². The van der Waals surface area contributed by atoms with E-state index in [1.165, 1.54) is 16.7 Å². The molecule has 11 nitrogen and oxygen atoms in total. The first-order chi connectivity index (χ1) is 20.4. The molecule has 0 radical (unpaired) electrons. The fourth-order valence-corrected chi connectivity index (χ4v) is 6.13. The van der Waals surface area contributed by atoms with Crippen LogP contribution in [0.3, 0.4) is 0 Å². The molecular weight excluding hydrogens is 584 g/mol. The Balaban J connectivity index is 1.75. The lowest BCUT2D eigenvalue weighted by Gasteiger charge is -2.50. The van der Waals surface area contributed by atoms with Gasteiger partial charge in [0.2, 0.25) is 5.91 Å². The van der Waals surface area contributed by atoms with Gasteiger partial charge in [-0.1, -0.05) is 44.2 Å². The summed E-state index contributed by atoms with van der Waals surface area (Å²) >= 11 is 1.43. The number of nitrogens with zero attached hydrogens (tertiary/aromatic N) is 1. The van der Waals surface area contributed by atoms with Gasteiger partial charge in [0.15, 0.2) is 0 Å². The first-order valence-corrected chi connectivity index (χ1v) is 15.9. The SMILES string of the molecule is CC1=C(C(=O)N[C@@H](CC(C)C)C(=O)OC(C)(C)C)N2C(=O)[C@@H](NC(=O)[C@H](Cc3ccccc3)NC(=O)OC(C)(C)C)[C@H]2SC1. The van der Waals surface area contributed by atoms with Crippen LogP contribution in [0.25, 0.3) is 0 Å². The van der Waals surface area contributed by atoms with Crippen molar-refractivity contribution in [2.24, 2.45) is 5.92 Å². The molecule has 0 aromatic heterocycles. The Kier molecular flexibility index (Phi) is 11.2. The van der Waals surface area contributed by atoms with Gasteiger partial charge in [-0.25, -0.2) is 9.59 Å². The summed E-state index contributed by atoms with van der Waals surface area (Å²) in [7, 11) is 0. The number of thioether (sulfide) groups is 1. The molecule has 0 aliphatic carbocycles.